The number of halogens is 1. The summed E-state index contributed by atoms with van der Waals surface area (Å²) >= 11 is 6.16. The summed E-state index contributed by atoms with van der Waals surface area (Å²) in [6, 6.07) is 6.69. The van der Waals surface area contributed by atoms with E-state index in [9.17, 15) is 0 Å². The van der Waals surface area contributed by atoms with Crippen LogP contribution in [-0.2, 0) is 7.05 Å². The summed E-state index contributed by atoms with van der Waals surface area (Å²) in [6.07, 6.45) is 3.83. The molecule has 2 nitrogen and oxygen atoms in total. The lowest BCUT2D eigenvalue weighted by atomic mass is 9.95. The SMILES string of the molecule is Cc1c(C2CCCCN2)c2cc(Cl)ccc2n1C. The molecule has 1 saturated heterocycles. The molecule has 1 aromatic carbocycles. The normalized spacial score (nSPS) is 20.5. The number of nitrogens with zero attached hydrogens (tertiary/aromatic N) is 1. The van der Waals surface area contributed by atoms with Crippen molar-refractivity contribution in [1.82, 2.24) is 9.88 Å². The summed E-state index contributed by atoms with van der Waals surface area (Å²) in [7, 11) is 2.14. The molecule has 96 valence electrons. The van der Waals surface area contributed by atoms with Crippen molar-refractivity contribution in [3.8, 4) is 0 Å². The minimum atomic E-state index is 0.487. The van der Waals surface area contributed by atoms with E-state index in [0.29, 0.717) is 6.04 Å². The molecule has 1 aliphatic rings. The maximum atomic E-state index is 6.16. The largest absolute Gasteiger partial charge is 0.348 e. The van der Waals surface area contributed by atoms with Crippen LogP contribution in [0.25, 0.3) is 10.9 Å². The van der Waals surface area contributed by atoms with E-state index >= 15 is 0 Å². The highest BCUT2D eigenvalue weighted by atomic mass is 35.5. The number of benzene rings is 1. The molecule has 18 heavy (non-hydrogen) atoms. The summed E-state index contributed by atoms with van der Waals surface area (Å²) in [4.78, 5) is 0. The van der Waals surface area contributed by atoms with Gasteiger partial charge >= 0.3 is 0 Å². The average Bonchev–Trinajstić information content (AvgIpc) is 2.63. The molecule has 0 amide bonds. The first-order valence-electron chi connectivity index (χ1n) is 6.66. The lowest BCUT2D eigenvalue weighted by molar-refractivity contribution is 0.412. The lowest BCUT2D eigenvalue weighted by Crippen LogP contribution is -2.27. The molecule has 1 aromatic heterocycles. The molecule has 1 fully saturated rings. The van der Waals surface area contributed by atoms with Crippen LogP contribution >= 0.6 is 11.6 Å². The first-order chi connectivity index (χ1) is 8.68. The minimum Gasteiger partial charge on any atom is -0.348 e. The van der Waals surface area contributed by atoms with Gasteiger partial charge in [0.15, 0.2) is 0 Å². The predicted molar refractivity (Wildman–Crippen MR) is 77.3 cm³/mol. The third kappa shape index (κ3) is 1.84. The standard InChI is InChI=1S/C15H19ClN2/c1-10-15(13-5-3-4-8-17-13)12-9-11(16)6-7-14(12)18(10)2/h6-7,9,13,17H,3-5,8H2,1-2H3. The fourth-order valence-electron chi connectivity index (χ4n) is 3.11. The fraction of sp³-hybridized carbons (Fsp3) is 0.467. The van der Waals surface area contributed by atoms with Gasteiger partial charge in [-0.15, -0.1) is 0 Å². The number of rotatable bonds is 1. The molecule has 1 unspecified atom stereocenters. The third-order valence-corrected chi connectivity index (χ3v) is 4.40. The molecular weight excluding hydrogens is 244 g/mol. The van der Waals surface area contributed by atoms with Crippen molar-refractivity contribution in [1.29, 1.82) is 0 Å². The summed E-state index contributed by atoms with van der Waals surface area (Å²) in [6.45, 7) is 3.33. The Morgan fingerprint density at radius 2 is 2.17 bits per heavy atom. The van der Waals surface area contributed by atoms with Crippen LogP contribution in [0.2, 0.25) is 5.02 Å². The van der Waals surface area contributed by atoms with Crippen LogP contribution in [0, 0.1) is 6.92 Å². The van der Waals surface area contributed by atoms with Gasteiger partial charge in [-0.1, -0.05) is 18.0 Å². The second-order valence-corrected chi connectivity index (χ2v) is 5.66. The molecular formula is C15H19ClN2. The van der Waals surface area contributed by atoms with Gasteiger partial charge in [0.05, 0.1) is 0 Å². The van der Waals surface area contributed by atoms with Gasteiger partial charge in [0.25, 0.3) is 0 Å². The van der Waals surface area contributed by atoms with Crippen molar-refractivity contribution in [2.75, 3.05) is 6.54 Å². The highest BCUT2D eigenvalue weighted by Gasteiger charge is 2.22. The van der Waals surface area contributed by atoms with Crippen LogP contribution in [0.4, 0.5) is 0 Å². The van der Waals surface area contributed by atoms with Crippen molar-refractivity contribution in [3.05, 3.63) is 34.5 Å². The fourth-order valence-corrected chi connectivity index (χ4v) is 3.28. The average molecular weight is 263 g/mol. The quantitative estimate of drug-likeness (QED) is 0.823. The Balaban J connectivity index is 2.20. The van der Waals surface area contributed by atoms with E-state index in [2.05, 4.69) is 36.0 Å². The lowest BCUT2D eigenvalue weighted by Gasteiger charge is -2.24. The highest BCUT2D eigenvalue weighted by molar-refractivity contribution is 6.31. The van der Waals surface area contributed by atoms with E-state index in [1.54, 1.807) is 0 Å². The van der Waals surface area contributed by atoms with Crippen LogP contribution in [0.3, 0.4) is 0 Å². The Hall–Kier alpha value is -0.990. The maximum absolute atomic E-state index is 6.16. The smallest absolute Gasteiger partial charge is 0.0484 e. The molecule has 1 N–H and O–H groups in total. The summed E-state index contributed by atoms with van der Waals surface area (Å²) in [5.74, 6) is 0. The molecule has 0 radical (unpaired) electrons. The predicted octanol–water partition coefficient (Wildman–Crippen LogP) is 3.95. The molecule has 2 heterocycles. The van der Waals surface area contributed by atoms with Crippen LogP contribution < -0.4 is 5.32 Å². The number of piperidine rings is 1. The number of aryl methyl sites for hydroxylation is 1. The molecule has 0 aliphatic carbocycles. The first-order valence-corrected chi connectivity index (χ1v) is 7.04. The Bertz CT molecular complexity index is 580. The molecule has 3 rings (SSSR count). The van der Waals surface area contributed by atoms with Gasteiger partial charge in [-0.3, -0.25) is 0 Å². The number of fused-ring (bicyclic) bond motifs is 1. The minimum absolute atomic E-state index is 0.487. The van der Waals surface area contributed by atoms with Crippen molar-refractivity contribution < 1.29 is 0 Å². The Morgan fingerprint density at radius 3 is 2.89 bits per heavy atom. The van der Waals surface area contributed by atoms with Crippen LogP contribution in [0.5, 0.6) is 0 Å². The van der Waals surface area contributed by atoms with Gasteiger partial charge in [-0.2, -0.15) is 0 Å². The number of hydrogen-bond donors (Lipinski definition) is 1. The number of hydrogen-bond acceptors (Lipinski definition) is 1. The maximum Gasteiger partial charge on any atom is 0.0484 e. The summed E-state index contributed by atoms with van der Waals surface area (Å²) in [5, 5.41) is 5.78. The van der Waals surface area contributed by atoms with Crippen molar-refractivity contribution in [2.24, 2.45) is 7.05 Å². The van der Waals surface area contributed by atoms with Gasteiger partial charge < -0.3 is 9.88 Å². The molecule has 0 saturated carbocycles. The van der Waals surface area contributed by atoms with Gasteiger partial charge in [0.2, 0.25) is 0 Å². The molecule has 3 heteroatoms. The van der Waals surface area contributed by atoms with E-state index in [0.717, 1.165) is 11.6 Å². The van der Waals surface area contributed by atoms with Gasteiger partial charge in [0, 0.05) is 34.7 Å². The highest BCUT2D eigenvalue weighted by Crippen LogP contribution is 2.35. The second-order valence-electron chi connectivity index (χ2n) is 5.22. The Kier molecular flexibility index (Phi) is 3.08. The second kappa shape index (κ2) is 4.60. The molecule has 2 aromatic rings. The zero-order chi connectivity index (χ0) is 12.7. The van der Waals surface area contributed by atoms with E-state index in [-0.39, 0.29) is 0 Å². The zero-order valence-corrected chi connectivity index (χ0v) is 11.7. The summed E-state index contributed by atoms with van der Waals surface area (Å²) in [5.41, 5.74) is 4.07. The van der Waals surface area contributed by atoms with E-state index < -0.39 is 0 Å². The van der Waals surface area contributed by atoms with Gasteiger partial charge in [-0.25, -0.2) is 0 Å². The summed E-state index contributed by atoms with van der Waals surface area (Å²) < 4.78 is 2.28. The molecule has 1 aliphatic heterocycles. The van der Waals surface area contributed by atoms with Crippen molar-refractivity contribution in [2.45, 2.75) is 32.2 Å². The zero-order valence-electron chi connectivity index (χ0n) is 11.0. The van der Waals surface area contributed by atoms with Crippen LogP contribution in [0.15, 0.2) is 18.2 Å². The van der Waals surface area contributed by atoms with Gasteiger partial charge in [0.1, 0.15) is 0 Å². The monoisotopic (exact) mass is 262 g/mol. The van der Waals surface area contributed by atoms with Crippen molar-refractivity contribution >= 4 is 22.5 Å². The topological polar surface area (TPSA) is 17.0 Å². The van der Waals surface area contributed by atoms with Crippen LogP contribution in [-0.4, -0.2) is 11.1 Å². The van der Waals surface area contributed by atoms with E-state index in [4.69, 9.17) is 11.6 Å². The van der Waals surface area contributed by atoms with E-state index in [1.807, 2.05) is 6.07 Å². The molecule has 0 bridgehead atoms. The third-order valence-electron chi connectivity index (χ3n) is 4.16. The van der Waals surface area contributed by atoms with Gasteiger partial charge in [-0.05, 0) is 50.1 Å². The Morgan fingerprint density at radius 1 is 1.33 bits per heavy atom. The molecule has 0 spiro atoms. The molecule has 1 atom stereocenters. The van der Waals surface area contributed by atoms with Crippen molar-refractivity contribution in [3.63, 3.8) is 0 Å². The number of aromatic nitrogens is 1. The first kappa shape index (κ1) is 12.1. The van der Waals surface area contributed by atoms with Crippen LogP contribution in [0.1, 0.15) is 36.6 Å². The van der Waals surface area contributed by atoms with E-state index in [1.165, 1.54) is 41.4 Å². The number of nitrogens with one attached hydrogen (secondary N) is 1. The Labute approximate surface area is 113 Å².